The van der Waals surface area contributed by atoms with Gasteiger partial charge in [0, 0.05) is 36.9 Å². The maximum Gasteiger partial charge on any atom is 0.387 e. The molecule has 6 nitrogen and oxygen atoms in total. The molecule has 0 amide bonds. The minimum atomic E-state index is -2.90. The van der Waals surface area contributed by atoms with E-state index < -0.39 is 6.61 Å². The molecule has 0 fully saturated rings. The Morgan fingerprint density at radius 3 is 2.85 bits per heavy atom. The topological polar surface area (TPSA) is 63.5 Å². The Balaban J connectivity index is 1.93. The molecule has 0 aliphatic rings. The fraction of sp³-hybridized carbons (Fsp3) is 0.444. The normalized spacial score (nSPS) is 11.7. The van der Waals surface area contributed by atoms with Crippen LogP contribution in [0.1, 0.15) is 24.5 Å². The minimum absolute atomic E-state index is 0.0746. The lowest BCUT2D eigenvalue weighted by Crippen LogP contribution is -2.37. The number of aryl methyl sites for hydroxylation is 2. The number of nitrogens with zero attached hydrogens (tertiary/aromatic N) is 3. The SMILES string of the molecule is CCNC(=NCc1cc(Cl)ccc1OC(F)F)NCCCc1cnn(C)c1. The number of rotatable bonds is 9. The summed E-state index contributed by atoms with van der Waals surface area (Å²) in [7, 11) is 1.89. The van der Waals surface area contributed by atoms with Gasteiger partial charge in [-0.1, -0.05) is 11.6 Å². The van der Waals surface area contributed by atoms with Gasteiger partial charge >= 0.3 is 6.61 Å². The summed E-state index contributed by atoms with van der Waals surface area (Å²) in [6, 6.07) is 4.51. The van der Waals surface area contributed by atoms with Crippen LogP contribution in [0.15, 0.2) is 35.6 Å². The second-order valence-corrected chi connectivity index (χ2v) is 6.31. The van der Waals surface area contributed by atoms with E-state index >= 15 is 0 Å². The van der Waals surface area contributed by atoms with E-state index in [2.05, 4.69) is 25.5 Å². The molecule has 9 heteroatoms. The average Bonchev–Trinajstić information content (AvgIpc) is 3.03. The number of aliphatic imine (C=N–C) groups is 1. The van der Waals surface area contributed by atoms with Gasteiger partial charge in [-0.3, -0.25) is 4.68 Å². The zero-order chi connectivity index (χ0) is 19.6. The molecule has 0 radical (unpaired) electrons. The van der Waals surface area contributed by atoms with E-state index in [0.717, 1.165) is 19.4 Å². The number of benzene rings is 1. The number of hydrogen-bond acceptors (Lipinski definition) is 3. The molecule has 0 unspecified atom stereocenters. The summed E-state index contributed by atoms with van der Waals surface area (Å²) in [5.41, 5.74) is 1.67. The van der Waals surface area contributed by atoms with Crippen LogP contribution in [0.3, 0.4) is 0 Å². The van der Waals surface area contributed by atoms with E-state index in [-0.39, 0.29) is 12.3 Å². The van der Waals surface area contributed by atoms with Crippen molar-refractivity contribution in [2.75, 3.05) is 13.1 Å². The summed E-state index contributed by atoms with van der Waals surface area (Å²) in [5.74, 6) is 0.678. The highest BCUT2D eigenvalue weighted by Crippen LogP contribution is 2.25. The number of alkyl halides is 2. The molecule has 27 heavy (non-hydrogen) atoms. The molecular formula is C18H24ClF2N5O. The Morgan fingerprint density at radius 2 is 2.19 bits per heavy atom. The highest BCUT2D eigenvalue weighted by Gasteiger charge is 2.10. The van der Waals surface area contributed by atoms with E-state index in [1.165, 1.54) is 17.7 Å². The monoisotopic (exact) mass is 399 g/mol. The second kappa shape index (κ2) is 10.7. The Labute approximate surface area is 162 Å². The molecule has 1 aromatic heterocycles. The zero-order valence-corrected chi connectivity index (χ0v) is 16.1. The second-order valence-electron chi connectivity index (χ2n) is 5.88. The van der Waals surface area contributed by atoms with Crippen molar-refractivity contribution >= 4 is 17.6 Å². The zero-order valence-electron chi connectivity index (χ0n) is 15.4. The highest BCUT2D eigenvalue weighted by molar-refractivity contribution is 6.30. The maximum absolute atomic E-state index is 12.5. The van der Waals surface area contributed by atoms with Gasteiger partial charge in [-0.25, -0.2) is 4.99 Å². The fourth-order valence-corrected chi connectivity index (χ4v) is 2.68. The molecule has 1 aromatic carbocycles. The summed E-state index contributed by atoms with van der Waals surface area (Å²) < 4.78 is 31.4. The summed E-state index contributed by atoms with van der Waals surface area (Å²) >= 11 is 5.96. The average molecular weight is 400 g/mol. The van der Waals surface area contributed by atoms with E-state index in [0.29, 0.717) is 23.1 Å². The highest BCUT2D eigenvalue weighted by atomic mass is 35.5. The van der Waals surface area contributed by atoms with Gasteiger partial charge in [-0.15, -0.1) is 0 Å². The molecule has 148 valence electrons. The number of guanidine groups is 1. The Kier molecular flexibility index (Phi) is 8.32. The van der Waals surface area contributed by atoms with Crippen molar-refractivity contribution in [3.8, 4) is 5.75 Å². The molecule has 2 N–H and O–H groups in total. The maximum atomic E-state index is 12.5. The molecule has 0 atom stereocenters. The van der Waals surface area contributed by atoms with Gasteiger partial charge in [0.15, 0.2) is 5.96 Å². The van der Waals surface area contributed by atoms with Gasteiger partial charge in [0.2, 0.25) is 0 Å². The van der Waals surface area contributed by atoms with Crippen molar-refractivity contribution in [1.29, 1.82) is 0 Å². The molecule has 0 saturated carbocycles. The smallest absolute Gasteiger partial charge is 0.387 e. The van der Waals surface area contributed by atoms with Gasteiger partial charge in [0.05, 0.1) is 12.7 Å². The van der Waals surface area contributed by atoms with E-state index in [9.17, 15) is 8.78 Å². The Hall–Kier alpha value is -2.35. The van der Waals surface area contributed by atoms with Crippen LogP contribution in [0.5, 0.6) is 5.75 Å². The van der Waals surface area contributed by atoms with E-state index in [1.54, 1.807) is 10.7 Å². The van der Waals surface area contributed by atoms with Gasteiger partial charge in [0.25, 0.3) is 0 Å². The van der Waals surface area contributed by atoms with Crippen molar-refractivity contribution in [1.82, 2.24) is 20.4 Å². The Morgan fingerprint density at radius 1 is 1.37 bits per heavy atom. The van der Waals surface area contributed by atoms with Crippen LogP contribution in [-0.4, -0.2) is 35.4 Å². The quantitative estimate of drug-likeness (QED) is 0.385. The summed E-state index contributed by atoms with van der Waals surface area (Å²) in [5, 5.41) is 10.9. The summed E-state index contributed by atoms with van der Waals surface area (Å²) in [4.78, 5) is 4.44. The van der Waals surface area contributed by atoms with Crippen molar-refractivity contribution in [2.45, 2.75) is 32.9 Å². The number of ether oxygens (including phenoxy) is 1. The van der Waals surface area contributed by atoms with Gasteiger partial charge < -0.3 is 15.4 Å². The lowest BCUT2D eigenvalue weighted by atomic mass is 10.2. The molecule has 2 aromatic rings. The van der Waals surface area contributed by atoms with Crippen LogP contribution < -0.4 is 15.4 Å². The molecule has 0 spiro atoms. The van der Waals surface area contributed by atoms with Crippen LogP contribution in [0.2, 0.25) is 5.02 Å². The molecule has 2 rings (SSSR count). The lowest BCUT2D eigenvalue weighted by Gasteiger charge is -2.13. The van der Waals surface area contributed by atoms with Crippen LogP contribution in [-0.2, 0) is 20.0 Å². The van der Waals surface area contributed by atoms with Crippen molar-refractivity contribution in [3.63, 3.8) is 0 Å². The predicted molar refractivity (Wildman–Crippen MR) is 102 cm³/mol. The van der Waals surface area contributed by atoms with E-state index in [1.807, 2.05) is 26.4 Å². The van der Waals surface area contributed by atoms with Gasteiger partial charge in [-0.2, -0.15) is 13.9 Å². The van der Waals surface area contributed by atoms with Crippen molar-refractivity contribution < 1.29 is 13.5 Å². The third-order valence-corrected chi connectivity index (χ3v) is 3.92. The number of hydrogen-bond donors (Lipinski definition) is 2. The fourth-order valence-electron chi connectivity index (χ4n) is 2.49. The molecule has 0 saturated heterocycles. The molecule has 0 aliphatic carbocycles. The largest absolute Gasteiger partial charge is 0.434 e. The number of halogens is 3. The van der Waals surface area contributed by atoms with Crippen LogP contribution in [0.25, 0.3) is 0 Å². The Bertz CT molecular complexity index is 751. The molecule has 1 heterocycles. The van der Waals surface area contributed by atoms with Crippen LogP contribution in [0, 0.1) is 0 Å². The summed E-state index contributed by atoms with van der Waals surface area (Å²) in [6.45, 7) is 0.631. The molecular weight excluding hydrogens is 376 g/mol. The number of aromatic nitrogens is 2. The first kappa shape index (κ1) is 21.0. The first-order valence-electron chi connectivity index (χ1n) is 8.71. The van der Waals surface area contributed by atoms with Crippen molar-refractivity contribution in [2.24, 2.45) is 12.0 Å². The van der Waals surface area contributed by atoms with Crippen LogP contribution >= 0.6 is 11.6 Å². The predicted octanol–water partition coefficient (Wildman–Crippen LogP) is 3.36. The van der Waals surface area contributed by atoms with Crippen molar-refractivity contribution in [3.05, 3.63) is 46.7 Å². The van der Waals surface area contributed by atoms with Gasteiger partial charge in [-0.05, 0) is 43.5 Å². The third kappa shape index (κ3) is 7.42. The molecule has 0 bridgehead atoms. The summed E-state index contributed by atoms with van der Waals surface area (Å²) in [6.07, 6.45) is 5.65. The van der Waals surface area contributed by atoms with Gasteiger partial charge in [0.1, 0.15) is 5.75 Å². The minimum Gasteiger partial charge on any atom is -0.434 e. The van der Waals surface area contributed by atoms with E-state index in [4.69, 9.17) is 11.6 Å². The molecule has 0 aliphatic heterocycles. The number of nitrogens with one attached hydrogen (secondary N) is 2. The lowest BCUT2D eigenvalue weighted by molar-refractivity contribution is -0.0504. The first-order chi connectivity index (χ1) is 13.0. The first-order valence-corrected chi connectivity index (χ1v) is 9.08. The standard InChI is InChI=1S/C18H24ClF2N5O/c1-3-22-18(23-8-4-5-13-10-25-26(2)12-13)24-11-14-9-15(19)6-7-16(14)27-17(20)21/h6-7,9-10,12,17H,3-5,8,11H2,1-2H3,(H2,22,23,24). The third-order valence-electron chi connectivity index (χ3n) is 3.68. The van der Waals surface area contributed by atoms with Crippen LogP contribution in [0.4, 0.5) is 8.78 Å².